The standard InChI is InChI=1S/C13H19BrN2O2S.ClH/c1-13(7-4-8-15-9-13)10-16-19(17,18)12-6-3-2-5-11(12)14;/h2-3,5-6,15-16H,4,7-10H2,1H3;1H. The summed E-state index contributed by atoms with van der Waals surface area (Å²) in [6.45, 7) is 4.45. The van der Waals surface area contributed by atoms with Crippen LogP contribution >= 0.6 is 28.3 Å². The number of benzene rings is 1. The Labute approximate surface area is 135 Å². The fourth-order valence-electron chi connectivity index (χ4n) is 2.28. The van der Waals surface area contributed by atoms with Crippen molar-refractivity contribution in [2.45, 2.75) is 24.7 Å². The highest BCUT2D eigenvalue weighted by Gasteiger charge is 2.29. The van der Waals surface area contributed by atoms with Gasteiger partial charge in [-0.1, -0.05) is 19.1 Å². The minimum absolute atomic E-state index is 0. The predicted molar refractivity (Wildman–Crippen MR) is 86.8 cm³/mol. The first-order valence-corrected chi connectivity index (χ1v) is 8.66. The molecule has 1 saturated heterocycles. The summed E-state index contributed by atoms with van der Waals surface area (Å²) >= 11 is 3.28. The maximum absolute atomic E-state index is 12.3. The summed E-state index contributed by atoms with van der Waals surface area (Å²) in [5.74, 6) is 0. The third kappa shape index (κ3) is 4.43. The molecule has 1 atom stereocenters. The average Bonchev–Trinajstić information content (AvgIpc) is 2.38. The second kappa shape index (κ2) is 7.22. The molecule has 1 aliphatic rings. The van der Waals surface area contributed by atoms with Crippen LogP contribution in [0.4, 0.5) is 0 Å². The topological polar surface area (TPSA) is 58.2 Å². The molecule has 0 amide bonds. The van der Waals surface area contributed by atoms with Crippen molar-refractivity contribution >= 4 is 38.4 Å². The average molecular weight is 384 g/mol. The molecule has 1 heterocycles. The lowest BCUT2D eigenvalue weighted by Gasteiger charge is -2.34. The maximum Gasteiger partial charge on any atom is 0.241 e. The van der Waals surface area contributed by atoms with Crippen LogP contribution in [0.1, 0.15) is 19.8 Å². The number of sulfonamides is 1. The van der Waals surface area contributed by atoms with Crippen molar-refractivity contribution in [1.29, 1.82) is 0 Å². The van der Waals surface area contributed by atoms with Crippen LogP contribution in [0.15, 0.2) is 33.6 Å². The third-order valence-electron chi connectivity index (χ3n) is 3.50. The molecule has 114 valence electrons. The van der Waals surface area contributed by atoms with Crippen molar-refractivity contribution in [1.82, 2.24) is 10.0 Å². The van der Waals surface area contributed by atoms with E-state index in [9.17, 15) is 8.42 Å². The zero-order valence-electron chi connectivity index (χ0n) is 11.4. The Morgan fingerprint density at radius 1 is 1.40 bits per heavy atom. The van der Waals surface area contributed by atoms with E-state index >= 15 is 0 Å². The highest BCUT2D eigenvalue weighted by molar-refractivity contribution is 9.10. The molecular formula is C13H20BrClN2O2S. The molecule has 0 aromatic heterocycles. The van der Waals surface area contributed by atoms with Crippen LogP contribution < -0.4 is 10.0 Å². The highest BCUT2D eigenvalue weighted by atomic mass is 79.9. The van der Waals surface area contributed by atoms with Gasteiger partial charge in [-0.3, -0.25) is 0 Å². The van der Waals surface area contributed by atoms with Gasteiger partial charge >= 0.3 is 0 Å². The van der Waals surface area contributed by atoms with Crippen molar-refractivity contribution in [3.05, 3.63) is 28.7 Å². The lowest BCUT2D eigenvalue weighted by molar-refractivity contribution is 0.238. The second-order valence-corrected chi connectivity index (χ2v) is 7.94. The second-order valence-electron chi connectivity index (χ2n) is 5.35. The number of halogens is 2. The van der Waals surface area contributed by atoms with Crippen molar-refractivity contribution in [3.63, 3.8) is 0 Å². The lowest BCUT2D eigenvalue weighted by Crippen LogP contribution is -2.45. The molecule has 0 bridgehead atoms. The first-order valence-electron chi connectivity index (χ1n) is 6.38. The molecule has 1 aromatic carbocycles. The highest BCUT2D eigenvalue weighted by Crippen LogP contribution is 2.26. The molecular weight excluding hydrogens is 364 g/mol. The van der Waals surface area contributed by atoms with Gasteiger partial charge in [-0.2, -0.15) is 0 Å². The van der Waals surface area contributed by atoms with Gasteiger partial charge in [-0.15, -0.1) is 12.4 Å². The Kier molecular flexibility index (Phi) is 6.47. The van der Waals surface area contributed by atoms with Gasteiger partial charge in [0.15, 0.2) is 0 Å². The quantitative estimate of drug-likeness (QED) is 0.840. The molecule has 0 aliphatic carbocycles. The van der Waals surface area contributed by atoms with Crippen LogP contribution in [0.2, 0.25) is 0 Å². The Hall–Kier alpha value is -0.140. The Morgan fingerprint density at radius 3 is 2.70 bits per heavy atom. The van der Waals surface area contributed by atoms with E-state index in [2.05, 4.69) is 32.9 Å². The van der Waals surface area contributed by atoms with E-state index in [1.54, 1.807) is 24.3 Å². The van der Waals surface area contributed by atoms with Gasteiger partial charge in [-0.25, -0.2) is 13.1 Å². The molecule has 1 aliphatic heterocycles. The van der Waals surface area contributed by atoms with E-state index in [-0.39, 0.29) is 17.8 Å². The number of nitrogens with one attached hydrogen (secondary N) is 2. The first kappa shape index (κ1) is 17.9. The van der Waals surface area contributed by atoms with Crippen molar-refractivity contribution in [2.24, 2.45) is 5.41 Å². The summed E-state index contributed by atoms with van der Waals surface area (Å²) in [6.07, 6.45) is 2.13. The summed E-state index contributed by atoms with van der Waals surface area (Å²) in [4.78, 5) is 0.294. The minimum atomic E-state index is -3.45. The number of hydrogen-bond donors (Lipinski definition) is 2. The van der Waals surface area contributed by atoms with Gasteiger partial charge in [0.05, 0.1) is 4.90 Å². The Balaban J connectivity index is 0.00000200. The SMILES string of the molecule is CC1(CNS(=O)(=O)c2ccccc2Br)CCCNC1.Cl. The van der Waals surface area contributed by atoms with Crippen LogP contribution in [-0.2, 0) is 10.0 Å². The maximum atomic E-state index is 12.3. The normalized spacial score (nSPS) is 23.1. The Morgan fingerprint density at radius 2 is 2.10 bits per heavy atom. The smallest absolute Gasteiger partial charge is 0.241 e. The van der Waals surface area contributed by atoms with Crippen molar-refractivity contribution in [3.8, 4) is 0 Å². The fourth-order valence-corrected chi connectivity index (χ4v) is 4.48. The van der Waals surface area contributed by atoms with E-state index in [1.165, 1.54) is 0 Å². The molecule has 1 fully saturated rings. The monoisotopic (exact) mass is 382 g/mol. The van der Waals surface area contributed by atoms with Gasteiger partial charge in [0.2, 0.25) is 10.0 Å². The summed E-state index contributed by atoms with van der Waals surface area (Å²) < 4.78 is 27.9. The zero-order valence-corrected chi connectivity index (χ0v) is 14.6. The van der Waals surface area contributed by atoms with Crippen LogP contribution in [0.5, 0.6) is 0 Å². The van der Waals surface area contributed by atoms with Gasteiger partial charge in [0.25, 0.3) is 0 Å². The molecule has 7 heteroatoms. The van der Waals surface area contributed by atoms with Crippen LogP contribution in [0, 0.1) is 5.41 Å². The molecule has 1 aromatic rings. The molecule has 0 radical (unpaired) electrons. The van der Waals surface area contributed by atoms with E-state index < -0.39 is 10.0 Å². The first-order chi connectivity index (χ1) is 8.93. The minimum Gasteiger partial charge on any atom is -0.316 e. The summed E-state index contributed by atoms with van der Waals surface area (Å²) in [6, 6.07) is 6.87. The van der Waals surface area contributed by atoms with Gasteiger partial charge < -0.3 is 5.32 Å². The van der Waals surface area contributed by atoms with Crippen LogP contribution in [-0.4, -0.2) is 28.1 Å². The Bertz CT molecular complexity index is 545. The van der Waals surface area contributed by atoms with E-state index in [0.717, 1.165) is 25.9 Å². The molecule has 0 spiro atoms. The van der Waals surface area contributed by atoms with Crippen LogP contribution in [0.25, 0.3) is 0 Å². The predicted octanol–water partition coefficient (Wildman–Crippen LogP) is 2.54. The molecule has 20 heavy (non-hydrogen) atoms. The van der Waals surface area contributed by atoms with Crippen molar-refractivity contribution in [2.75, 3.05) is 19.6 Å². The summed E-state index contributed by atoms with van der Waals surface area (Å²) in [5.41, 5.74) is -0.00736. The molecule has 2 rings (SSSR count). The van der Waals surface area contributed by atoms with E-state index in [1.807, 2.05) is 0 Å². The van der Waals surface area contributed by atoms with Gasteiger partial charge in [0.1, 0.15) is 0 Å². The van der Waals surface area contributed by atoms with Gasteiger partial charge in [0, 0.05) is 17.6 Å². The van der Waals surface area contributed by atoms with E-state index in [4.69, 9.17) is 0 Å². The fraction of sp³-hybridized carbons (Fsp3) is 0.538. The summed E-state index contributed by atoms with van der Waals surface area (Å²) in [5, 5.41) is 3.32. The van der Waals surface area contributed by atoms with Crippen LogP contribution in [0.3, 0.4) is 0 Å². The summed E-state index contributed by atoms with van der Waals surface area (Å²) in [7, 11) is -3.45. The molecule has 1 unspecified atom stereocenters. The molecule has 0 saturated carbocycles. The largest absolute Gasteiger partial charge is 0.316 e. The zero-order chi connectivity index (χ0) is 13.9. The molecule has 4 nitrogen and oxygen atoms in total. The number of piperidine rings is 1. The lowest BCUT2D eigenvalue weighted by atomic mass is 9.83. The van der Waals surface area contributed by atoms with Gasteiger partial charge in [-0.05, 0) is 52.9 Å². The van der Waals surface area contributed by atoms with E-state index in [0.29, 0.717) is 15.9 Å². The number of hydrogen-bond acceptors (Lipinski definition) is 3. The number of rotatable bonds is 4. The third-order valence-corrected chi connectivity index (χ3v) is 5.91. The van der Waals surface area contributed by atoms with Crippen molar-refractivity contribution < 1.29 is 8.42 Å². The molecule has 2 N–H and O–H groups in total.